The molecule has 1 aromatic rings. The van der Waals surface area contributed by atoms with Gasteiger partial charge in [-0.25, -0.2) is 0 Å². The second kappa shape index (κ2) is 7.98. The first-order valence-electron chi connectivity index (χ1n) is 6.76. The lowest BCUT2D eigenvalue weighted by Crippen LogP contribution is -2.60. The summed E-state index contributed by atoms with van der Waals surface area (Å²) in [7, 11) is 0. The van der Waals surface area contributed by atoms with Gasteiger partial charge in [-0.15, -0.1) is 0 Å². The van der Waals surface area contributed by atoms with Crippen molar-refractivity contribution in [3.63, 3.8) is 0 Å². The third-order valence-electron chi connectivity index (χ3n) is 3.04. The fourth-order valence-electron chi connectivity index (χ4n) is 1.46. The van der Waals surface area contributed by atoms with Crippen molar-refractivity contribution >= 4 is 28.6 Å². The number of benzene rings is 1. The molecule has 1 aromatic carbocycles. The number of ether oxygens (including phenoxy) is 2. The first-order valence-corrected chi connectivity index (χ1v) is 8.01. The molecule has 1 rings (SSSR count). The van der Waals surface area contributed by atoms with Crippen molar-refractivity contribution in [3.05, 3.63) is 24.3 Å². The molecule has 0 bridgehead atoms. The standard InChI is InChI=1S/C14H13F6IO4/c1-2-10(21)11(22)25-9-5-3-8(4-6-9)24-7-12(23,13(15,16)17)14(18,19)20/h3-6,10,23H,2,7H2,1H3. The molecule has 0 saturated heterocycles. The van der Waals surface area contributed by atoms with Crippen LogP contribution < -0.4 is 9.47 Å². The van der Waals surface area contributed by atoms with Gasteiger partial charge < -0.3 is 14.6 Å². The molecule has 0 fully saturated rings. The Balaban J connectivity index is 2.80. The van der Waals surface area contributed by atoms with E-state index < -0.39 is 34.5 Å². The topological polar surface area (TPSA) is 55.8 Å². The number of hydrogen-bond acceptors (Lipinski definition) is 4. The third kappa shape index (κ3) is 5.36. The molecular weight excluding hydrogens is 473 g/mol. The van der Waals surface area contributed by atoms with E-state index in [1.807, 2.05) is 22.6 Å². The van der Waals surface area contributed by atoms with E-state index in [4.69, 9.17) is 9.84 Å². The van der Waals surface area contributed by atoms with Crippen molar-refractivity contribution in [2.24, 2.45) is 0 Å². The van der Waals surface area contributed by atoms with E-state index in [0.29, 0.717) is 6.42 Å². The molecule has 0 radical (unpaired) electrons. The minimum atomic E-state index is -5.96. The molecule has 1 unspecified atom stereocenters. The van der Waals surface area contributed by atoms with Crippen molar-refractivity contribution < 1.29 is 45.7 Å². The molecule has 0 aliphatic heterocycles. The Labute approximate surface area is 152 Å². The van der Waals surface area contributed by atoms with E-state index in [9.17, 15) is 31.1 Å². The summed E-state index contributed by atoms with van der Waals surface area (Å²) in [6.45, 7) is -0.303. The van der Waals surface area contributed by atoms with Gasteiger partial charge in [0.25, 0.3) is 5.60 Å². The van der Waals surface area contributed by atoms with E-state index in [0.717, 1.165) is 24.3 Å². The molecule has 25 heavy (non-hydrogen) atoms. The number of carbonyl (C=O) groups is 1. The SMILES string of the molecule is CCC(I)C(=O)Oc1ccc(OCC(O)(C(F)(F)F)C(F)(F)F)cc1. The molecule has 1 N–H and O–H groups in total. The molecule has 4 nitrogen and oxygen atoms in total. The summed E-state index contributed by atoms with van der Waals surface area (Å²) < 4.78 is 84.1. The third-order valence-corrected chi connectivity index (χ3v) is 4.43. The van der Waals surface area contributed by atoms with Crippen molar-refractivity contribution in [1.82, 2.24) is 0 Å². The first kappa shape index (κ1) is 21.8. The summed E-state index contributed by atoms with van der Waals surface area (Å²) in [6, 6.07) is 4.33. The fraction of sp³-hybridized carbons (Fsp3) is 0.500. The quantitative estimate of drug-likeness (QED) is 0.217. The largest absolute Gasteiger partial charge is 0.490 e. The van der Waals surface area contributed by atoms with Gasteiger partial charge in [-0.2, -0.15) is 26.3 Å². The number of esters is 1. The van der Waals surface area contributed by atoms with Gasteiger partial charge in [0.05, 0.1) is 0 Å². The highest BCUT2D eigenvalue weighted by Gasteiger charge is 2.71. The summed E-state index contributed by atoms with van der Waals surface area (Å²) >= 11 is 1.86. The van der Waals surface area contributed by atoms with Crippen LogP contribution in [0.15, 0.2) is 24.3 Å². The normalized spacial score (nSPS) is 14.1. The van der Waals surface area contributed by atoms with Crippen molar-refractivity contribution in [2.45, 2.75) is 35.2 Å². The Hall–Kier alpha value is -1.24. The molecule has 0 spiro atoms. The molecule has 11 heteroatoms. The Morgan fingerprint density at radius 3 is 1.92 bits per heavy atom. The fourth-order valence-corrected chi connectivity index (χ4v) is 1.59. The van der Waals surface area contributed by atoms with Crippen LogP contribution >= 0.6 is 22.6 Å². The van der Waals surface area contributed by atoms with Crippen LogP contribution in [0.4, 0.5) is 26.3 Å². The van der Waals surface area contributed by atoms with Gasteiger partial charge in [0, 0.05) is 0 Å². The van der Waals surface area contributed by atoms with Crippen molar-refractivity contribution in [1.29, 1.82) is 0 Å². The molecule has 0 saturated carbocycles. The number of alkyl halides is 7. The van der Waals surface area contributed by atoms with Crippen molar-refractivity contribution in [2.75, 3.05) is 6.61 Å². The van der Waals surface area contributed by atoms with Crippen LogP contribution in [0.2, 0.25) is 0 Å². The summed E-state index contributed by atoms with van der Waals surface area (Å²) in [6.07, 6.45) is -11.4. The monoisotopic (exact) mass is 486 g/mol. The average Bonchev–Trinajstić information content (AvgIpc) is 2.50. The molecule has 0 aliphatic carbocycles. The Kier molecular flexibility index (Phi) is 6.95. The minimum Gasteiger partial charge on any atom is -0.490 e. The Bertz CT molecular complexity index is 570. The number of carbonyl (C=O) groups excluding carboxylic acids is 1. The van der Waals surface area contributed by atoms with E-state index in [1.54, 1.807) is 6.92 Å². The first-order chi connectivity index (χ1) is 11.3. The Morgan fingerprint density at radius 2 is 1.52 bits per heavy atom. The van der Waals surface area contributed by atoms with Gasteiger partial charge in [0.1, 0.15) is 22.0 Å². The van der Waals surface area contributed by atoms with Gasteiger partial charge in [0.15, 0.2) is 0 Å². The molecule has 142 valence electrons. The number of aliphatic hydroxyl groups is 1. The van der Waals surface area contributed by atoms with Gasteiger partial charge in [0.2, 0.25) is 0 Å². The van der Waals surface area contributed by atoms with Crippen LogP contribution in [0.3, 0.4) is 0 Å². The summed E-state index contributed by atoms with van der Waals surface area (Å²) in [4.78, 5) is 11.6. The van der Waals surface area contributed by atoms with E-state index in [2.05, 4.69) is 4.74 Å². The number of hydrogen-bond donors (Lipinski definition) is 1. The molecule has 0 amide bonds. The predicted octanol–water partition coefficient (Wildman–Crippen LogP) is 4.04. The van der Waals surface area contributed by atoms with Gasteiger partial charge in [-0.05, 0) is 30.7 Å². The molecule has 1 atom stereocenters. The van der Waals surface area contributed by atoms with Crippen LogP contribution in [0.1, 0.15) is 13.3 Å². The molecular formula is C14H13F6IO4. The van der Waals surface area contributed by atoms with Gasteiger partial charge >= 0.3 is 18.3 Å². The maximum atomic E-state index is 12.5. The predicted molar refractivity (Wildman–Crippen MR) is 82.7 cm³/mol. The zero-order chi connectivity index (χ0) is 19.5. The van der Waals surface area contributed by atoms with E-state index in [1.165, 1.54) is 0 Å². The second-order valence-electron chi connectivity index (χ2n) is 4.91. The zero-order valence-corrected chi connectivity index (χ0v) is 14.8. The number of halogens is 7. The lowest BCUT2D eigenvalue weighted by Gasteiger charge is -2.31. The van der Waals surface area contributed by atoms with Crippen LogP contribution in [-0.4, -0.2) is 39.6 Å². The summed E-state index contributed by atoms with van der Waals surface area (Å²) in [5.74, 6) is -0.858. The molecule has 0 heterocycles. The zero-order valence-electron chi connectivity index (χ0n) is 12.6. The number of rotatable bonds is 6. The second-order valence-corrected chi connectivity index (χ2v) is 6.42. The average molecular weight is 486 g/mol. The molecule has 0 aliphatic rings. The highest BCUT2D eigenvalue weighted by molar-refractivity contribution is 14.1. The van der Waals surface area contributed by atoms with Crippen LogP contribution in [0, 0.1) is 0 Å². The Morgan fingerprint density at radius 1 is 1.08 bits per heavy atom. The maximum Gasteiger partial charge on any atom is 0.429 e. The summed E-state index contributed by atoms with van der Waals surface area (Å²) in [5, 5.41) is 8.96. The molecule has 0 aromatic heterocycles. The van der Waals surface area contributed by atoms with Crippen molar-refractivity contribution in [3.8, 4) is 11.5 Å². The smallest absolute Gasteiger partial charge is 0.429 e. The maximum absolute atomic E-state index is 12.5. The highest BCUT2D eigenvalue weighted by Crippen LogP contribution is 2.43. The lowest BCUT2D eigenvalue weighted by molar-refractivity contribution is -0.373. The van der Waals surface area contributed by atoms with Crippen LogP contribution in [0.5, 0.6) is 11.5 Å². The minimum absolute atomic E-state index is 0.0503. The highest BCUT2D eigenvalue weighted by atomic mass is 127. The lowest BCUT2D eigenvalue weighted by atomic mass is 10.0. The van der Waals surface area contributed by atoms with Gasteiger partial charge in [-0.1, -0.05) is 29.5 Å². The van der Waals surface area contributed by atoms with E-state index in [-0.39, 0.29) is 11.5 Å². The van der Waals surface area contributed by atoms with E-state index >= 15 is 0 Å². The summed E-state index contributed by atoms with van der Waals surface area (Å²) in [5.41, 5.74) is -5.00. The van der Waals surface area contributed by atoms with Crippen LogP contribution in [0.25, 0.3) is 0 Å². The van der Waals surface area contributed by atoms with Gasteiger partial charge in [-0.3, -0.25) is 4.79 Å². The van der Waals surface area contributed by atoms with Crippen LogP contribution in [-0.2, 0) is 4.79 Å².